The molecule has 0 spiro atoms. The van der Waals surface area contributed by atoms with Crippen molar-refractivity contribution in [2.24, 2.45) is 5.92 Å². The molecule has 1 aromatic carbocycles. The van der Waals surface area contributed by atoms with Crippen LogP contribution >= 0.6 is 11.3 Å². The number of nitrogens with zero attached hydrogens (tertiary/aromatic N) is 4. The van der Waals surface area contributed by atoms with E-state index in [2.05, 4.69) is 27.8 Å². The van der Waals surface area contributed by atoms with Gasteiger partial charge in [0, 0.05) is 44.7 Å². The molecule has 0 radical (unpaired) electrons. The van der Waals surface area contributed by atoms with Crippen LogP contribution in [0.3, 0.4) is 0 Å². The summed E-state index contributed by atoms with van der Waals surface area (Å²) in [7, 11) is 3.81. The van der Waals surface area contributed by atoms with Crippen molar-refractivity contribution in [2.45, 2.75) is 25.3 Å². The second kappa shape index (κ2) is 7.61. The first-order chi connectivity index (χ1) is 14.1. The molecule has 29 heavy (non-hydrogen) atoms. The van der Waals surface area contributed by atoms with Gasteiger partial charge in [-0.15, -0.1) is 0 Å². The molecule has 1 aliphatic carbocycles. The van der Waals surface area contributed by atoms with Gasteiger partial charge in [0.2, 0.25) is 5.91 Å². The van der Waals surface area contributed by atoms with Crippen LogP contribution in [0.4, 0.5) is 5.00 Å². The molecule has 2 aromatic rings. The van der Waals surface area contributed by atoms with Crippen LogP contribution in [-0.4, -0.2) is 73.6 Å². The van der Waals surface area contributed by atoms with Crippen LogP contribution in [-0.2, 0) is 11.2 Å². The van der Waals surface area contributed by atoms with E-state index < -0.39 is 0 Å². The number of rotatable bonds is 5. The Morgan fingerprint density at radius 2 is 2.03 bits per heavy atom. The number of ether oxygens (including phenoxy) is 1. The molecule has 6 nitrogen and oxygen atoms in total. The number of hydrogen-bond acceptors (Lipinski definition) is 6. The predicted molar refractivity (Wildman–Crippen MR) is 116 cm³/mol. The molecule has 5 rings (SSSR count). The van der Waals surface area contributed by atoms with E-state index in [1.807, 2.05) is 18.2 Å². The highest BCUT2D eigenvalue weighted by molar-refractivity contribution is 7.19. The maximum Gasteiger partial charge on any atom is 0.245 e. The Morgan fingerprint density at radius 3 is 2.76 bits per heavy atom. The number of thiazole rings is 1. The van der Waals surface area contributed by atoms with Crippen LogP contribution in [0.5, 0.6) is 5.75 Å². The van der Waals surface area contributed by atoms with Crippen LogP contribution in [0.15, 0.2) is 24.3 Å². The number of fused-ring (bicyclic) bond motifs is 1. The molecule has 1 amide bonds. The number of carbonyl (C=O) groups excluding carboxylic acids is 1. The van der Waals surface area contributed by atoms with Crippen LogP contribution < -0.4 is 9.64 Å². The molecule has 1 atom stereocenters. The molecule has 0 N–H and O–H groups in total. The number of methoxy groups -OCH3 is 1. The normalized spacial score (nSPS) is 22.1. The average molecular weight is 413 g/mol. The van der Waals surface area contributed by atoms with Gasteiger partial charge in [-0.1, -0.05) is 23.5 Å². The summed E-state index contributed by atoms with van der Waals surface area (Å²) in [6, 6.07) is 7.99. The standard InChI is InChI=1S/C22H28N4O2S/c1-24-8-10-25(11-9-24)21(27)19-13-18-22(26(19)14-15-6-7-15)29-20(23-18)16-4-3-5-17(12-16)28-2/h3-5,12,15,19H,6-11,13-14H2,1-2H3. The fourth-order valence-electron chi connectivity index (χ4n) is 4.26. The summed E-state index contributed by atoms with van der Waals surface area (Å²) < 4.78 is 5.37. The molecular formula is C22H28N4O2S. The molecule has 1 saturated carbocycles. The molecule has 1 aromatic heterocycles. The average Bonchev–Trinajstić information content (AvgIpc) is 3.37. The second-order valence-electron chi connectivity index (χ2n) is 8.45. The fourth-order valence-corrected chi connectivity index (χ4v) is 5.41. The second-order valence-corrected chi connectivity index (χ2v) is 9.42. The van der Waals surface area contributed by atoms with Gasteiger partial charge in [0.25, 0.3) is 0 Å². The minimum Gasteiger partial charge on any atom is -0.497 e. The van der Waals surface area contributed by atoms with Crippen molar-refractivity contribution in [2.75, 3.05) is 51.8 Å². The lowest BCUT2D eigenvalue weighted by Gasteiger charge is -2.36. The van der Waals surface area contributed by atoms with Crippen molar-refractivity contribution >= 4 is 22.2 Å². The molecule has 3 heterocycles. The lowest BCUT2D eigenvalue weighted by atomic mass is 10.1. The van der Waals surface area contributed by atoms with Crippen molar-refractivity contribution in [3.05, 3.63) is 30.0 Å². The van der Waals surface area contributed by atoms with Crippen molar-refractivity contribution in [1.29, 1.82) is 0 Å². The molecule has 1 saturated heterocycles. The lowest BCUT2D eigenvalue weighted by Crippen LogP contribution is -2.54. The molecular weight excluding hydrogens is 384 g/mol. The molecule has 2 fully saturated rings. The molecule has 0 bridgehead atoms. The smallest absolute Gasteiger partial charge is 0.245 e. The van der Waals surface area contributed by atoms with E-state index in [4.69, 9.17) is 9.72 Å². The SMILES string of the molecule is COc1cccc(-c2nc3c(s2)N(CC2CC2)C(C(=O)N2CCN(C)CC2)C3)c1. The first kappa shape index (κ1) is 18.9. The molecule has 2 aliphatic heterocycles. The molecule has 1 unspecified atom stereocenters. The summed E-state index contributed by atoms with van der Waals surface area (Å²) >= 11 is 1.72. The quantitative estimate of drug-likeness (QED) is 0.756. The van der Waals surface area contributed by atoms with Gasteiger partial charge in [-0.2, -0.15) is 0 Å². The van der Waals surface area contributed by atoms with Gasteiger partial charge in [0.15, 0.2) is 0 Å². The Bertz CT molecular complexity index is 902. The van der Waals surface area contributed by atoms with Crippen LogP contribution in [0.1, 0.15) is 18.5 Å². The third-order valence-corrected chi connectivity index (χ3v) is 7.45. The van der Waals surface area contributed by atoms with Gasteiger partial charge >= 0.3 is 0 Å². The monoisotopic (exact) mass is 412 g/mol. The maximum absolute atomic E-state index is 13.4. The highest BCUT2D eigenvalue weighted by Crippen LogP contribution is 2.44. The highest BCUT2D eigenvalue weighted by atomic mass is 32.1. The third kappa shape index (κ3) is 3.73. The van der Waals surface area contributed by atoms with E-state index in [9.17, 15) is 4.79 Å². The largest absolute Gasteiger partial charge is 0.497 e. The number of likely N-dealkylation sites (N-methyl/N-ethyl adjacent to an activating group) is 1. The Morgan fingerprint density at radius 1 is 1.24 bits per heavy atom. The zero-order chi connectivity index (χ0) is 20.0. The number of carbonyl (C=O) groups is 1. The number of piperazine rings is 1. The number of anilines is 1. The van der Waals surface area contributed by atoms with E-state index in [1.165, 1.54) is 17.8 Å². The first-order valence-electron chi connectivity index (χ1n) is 10.5. The topological polar surface area (TPSA) is 48.9 Å². The van der Waals surface area contributed by atoms with Gasteiger partial charge in [-0.25, -0.2) is 4.98 Å². The molecule has 154 valence electrons. The fraction of sp³-hybridized carbons (Fsp3) is 0.545. The lowest BCUT2D eigenvalue weighted by molar-refractivity contribution is -0.134. The van der Waals surface area contributed by atoms with Crippen molar-refractivity contribution < 1.29 is 9.53 Å². The maximum atomic E-state index is 13.4. The minimum atomic E-state index is -0.0767. The molecule has 7 heteroatoms. The number of aromatic nitrogens is 1. The van der Waals surface area contributed by atoms with Crippen LogP contribution in [0.2, 0.25) is 0 Å². The zero-order valence-electron chi connectivity index (χ0n) is 17.1. The summed E-state index contributed by atoms with van der Waals surface area (Å²) in [6.07, 6.45) is 3.29. The van der Waals surface area contributed by atoms with Gasteiger partial charge in [0.1, 0.15) is 21.8 Å². The summed E-state index contributed by atoms with van der Waals surface area (Å²) in [5.41, 5.74) is 2.16. The van der Waals surface area contributed by atoms with Crippen molar-refractivity contribution in [1.82, 2.24) is 14.8 Å². The summed E-state index contributed by atoms with van der Waals surface area (Å²) in [4.78, 5) is 25.0. The van der Waals surface area contributed by atoms with E-state index in [1.54, 1.807) is 18.4 Å². The third-order valence-electron chi connectivity index (χ3n) is 6.27. The first-order valence-corrected chi connectivity index (χ1v) is 11.3. The number of amides is 1. The van der Waals surface area contributed by atoms with Gasteiger partial charge < -0.3 is 19.4 Å². The Hall–Kier alpha value is -2.12. The van der Waals surface area contributed by atoms with Gasteiger partial charge in [0.05, 0.1) is 12.8 Å². The Labute approximate surface area is 176 Å². The molecule has 3 aliphatic rings. The van der Waals surface area contributed by atoms with Crippen LogP contribution in [0, 0.1) is 5.92 Å². The van der Waals surface area contributed by atoms with E-state index in [0.29, 0.717) is 0 Å². The zero-order valence-corrected chi connectivity index (χ0v) is 18.0. The van der Waals surface area contributed by atoms with Crippen LogP contribution in [0.25, 0.3) is 10.6 Å². The summed E-state index contributed by atoms with van der Waals surface area (Å²) in [5, 5.41) is 2.21. The van der Waals surface area contributed by atoms with E-state index >= 15 is 0 Å². The van der Waals surface area contributed by atoms with E-state index in [0.717, 1.165) is 67.1 Å². The highest BCUT2D eigenvalue weighted by Gasteiger charge is 2.42. The summed E-state index contributed by atoms with van der Waals surface area (Å²) in [5.74, 6) is 1.86. The summed E-state index contributed by atoms with van der Waals surface area (Å²) in [6.45, 7) is 4.57. The Kier molecular flexibility index (Phi) is 4.95. The predicted octanol–water partition coefficient (Wildman–Crippen LogP) is 2.73. The van der Waals surface area contributed by atoms with Crippen molar-refractivity contribution in [3.63, 3.8) is 0 Å². The number of benzene rings is 1. The minimum absolute atomic E-state index is 0.0767. The number of hydrogen-bond donors (Lipinski definition) is 0. The van der Waals surface area contributed by atoms with Gasteiger partial charge in [-0.3, -0.25) is 4.79 Å². The van der Waals surface area contributed by atoms with Crippen molar-refractivity contribution in [3.8, 4) is 16.3 Å². The van der Waals surface area contributed by atoms with E-state index in [-0.39, 0.29) is 11.9 Å². The van der Waals surface area contributed by atoms with Gasteiger partial charge in [-0.05, 0) is 37.9 Å². The Balaban J connectivity index is 1.40.